The second-order valence-corrected chi connectivity index (χ2v) is 4.10. The molecule has 0 unspecified atom stereocenters. The fourth-order valence-electron chi connectivity index (χ4n) is 1.57. The third-order valence-electron chi connectivity index (χ3n) is 2.33. The van der Waals surface area contributed by atoms with E-state index in [-0.39, 0.29) is 5.15 Å². The standard InChI is InChI=1S/C10H9ClN2O/c1-10(2)8-7(5-14-10)3-6(4-12)9(11)13-8/h3H,5H2,1-2H3. The van der Waals surface area contributed by atoms with Crippen LogP contribution in [0.2, 0.25) is 5.15 Å². The number of nitriles is 1. The molecule has 1 aliphatic heterocycles. The predicted octanol–water partition coefficient (Wildman–Crippen LogP) is 2.37. The first-order chi connectivity index (χ1) is 6.54. The molecule has 4 heteroatoms. The molecule has 0 N–H and O–H groups in total. The lowest BCUT2D eigenvalue weighted by Gasteiger charge is -2.16. The second kappa shape index (κ2) is 2.94. The van der Waals surface area contributed by atoms with Gasteiger partial charge in [0.1, 0.15) is 16.8 Å². The lowest BCUT2D eigenvalue weighted by atomic mass is 10.0. The molecule has 0 bridgehead atoms. The minimum Gasteiger partial charge on any atom is -0.365 e. The summed E-state index contributed by atoms with van der Waals surface area (Å²) in [7, 11) is 0. The van der Waals surface area contributed by atoms with Gasteiger partial charge in [-0.15, -0.1) is 0 Å². The van der Waals surface area contributed by atoms with E-state index in [4.69, 9.17) is 21.6 Å². The van der Waals surface area contributed by atoms with E-state index in [1.54, 1.807) is 6.07 Å². The van der Waals surface area contributed by atoms with Crippen molar-refractivity contribution in [1.29, 1.82) is 5.26 Å². The van der Waals surface area contributed by atoms with E-state index < -0.39 is 5.60 Å². The topological polar surface area (TPSA) is 45.9 Å². The summed E-state index contributed by atoms with van der Waals surface area (Å²) in [5.41, 5.74) is 1.80. The molecule has 1 aliphatic rings. The largest absolute Gasteiger partial charge is 0.365 e. The molecule has 0 saturated carbocycles. The monoisotopic (exact) mass is 208 g/mol. The summed E-state index contributed by atoms with van der Waals surface area (Å²) in [5.74, 6) is 0. The zero-order valence-corrected chi connectivity index (χ0v) is 8.72. The van der Waals surface area contributed by atoms with Crippen LogP contribution < -0.4 is 0 Å². The Bertz CT molecular complexity index is 434. The molecule has 0 radical (unpaired) electrons. The van der Waals surface area contributed by atoms with Gasteiger partial charge >= 0.3 is 0 Å². The first-order valence-corrected chi connectivity index (χ1v) is 4.66. The van der Waals surface area contributed by atoms with Gasteiger partial charge in [-0.1, -0.05) is 11.6 Å². The van der Waals surface area contributed by atoms with E-state index in [1.807, 2.05) is 19.9 Å². The maximum Gasteiger partial charge on any atom is 0.147 e. The Labute approximate surface area is 87.3 Å². The predicted molar refractivity (Wildman–Crippen MR) is 51.8 cm³/mol. The van der Waals surface area contributed by atoms with Gasteiger partial charge in [-0.3, -0.25) is 0 Å². The molecule has 3 nitrogen and oxygen atoms in total. The zero-order chi connectivity index (χ0) is 10.3. The highest BCUT2D eigenvalue weighted by atomic mass is 35.5. The van der Waals surface area contributed by atoms with E-state index in [1.165, 1.54) is 0 Å². The molecule has 0 fully saturated rings. The van der Waals surface area contributed by atoms with E-state index in [0.29, 0.717) is 12.2 Å². The van der Waals surface area contributed by atoms with E-state index in [9.17, 15) is 0 Å². The van der Waals surface area contributed by atoms with Crippen molar-refractivity contribution >= 4 is 11.6 Å². The lowest BCUT2D eigenvalue weighted by Crippen LogP contribution is -2.16. The summed E-state index contributed by atoms with van der Waals surface area (Å²) in [6.07, 6.45) is 0. The highest BCUT2D eigenvalue weighted by molar-refractivity contribution is 6.30. The third kappa shape index (κ3) is 1.28. The normalized spacial score (nSPS) is 17.6. The van der Waals surface area contributed by atoms with Crippen LogP contribution in [0.4, 0.5) is 0 Å². The third-order valence-corrected chi connectivity index (χ3v) is 2.62. The summed E-state index contributed by atoms with van der Waals surface area (Å²) in [6.45, 7) is 4.38. The van der Waals surface area contributed by atoms with Crippen molar-refractivity contribution in [1.82, 2.24) is 4.98 Å². The van der Waals surface area contributed by atoms with Crippen molar-refractivity contribution in [3.05, 3.63) is 28.0 Å². The molecule has 72 valence electrons. The fraction of sp³-hybridized carbons (Fsp3) is 0.400. The van der Waals surface area contributed by atoms with Gasteiger partial charge in [0, 0.05) is 5.56 Å². The van der Waals surface area contributed by atoms with E-state index >= 15 is 0 Å². The maximum atomic E-state index is 8.76. The Hall–Kier alpha value is -1.11. The highest BCUT2D eigenvalue weighted by Gasteiger charge is 2.33. The van der Waals surface area contributed by atoms with Gasteiger partial charge in [-0.2, -0.15) is 5.26 Å². The quantitative estimate of drug-likeness (QED) is 0.615. The molecule has 1 aromatic heterocycles. The van der Waals surface area contributed by atoms with Gasteiger partial charge in [0.25, 0.3) is 0 Å². The van der Waals surface area contributed by atoms with Crippen LogP contribution in [0.3, 0.4) is 0 Å². The molecule has 14 heavy (non-hydrogen) atoms. The highest BCUT2D eigenvalue weighted by Crippen LogP contribution is 2.35. The molecule has 2 heterocycles. The molecule has 0 amide bonds. The number of hydrogen-bond donors (Lipinski definition) is 0. The summed E-state index contributed by atoms with van der Waals surface area (Å²) >= 11 is 5.85. The summed E-state index contributed by atoms with van der Waals surface area (Å²) in [4.78, 5) is 4.20. The Morgan fingerprint density at radius 2 is 2.36 bits per heavy atom. The first-order valence-electron chi connectivity index (χ1n) is 4.28. The number of nitrogens with zero attached hydrogens (tertiary/aromatic N) is 2. The van der Waals surface area contributed by atoms with Crippen LogP contribution in [-0.2, 0) is 16.9 Å². The molecular formula is C10H9ClN2O. The Morgan fingerprint density at radius 1 is 1.64 bits per heavy atom. The summed E-state index contributed by atoms with van der Waals surface area (Å²) in [5, 5.41) is 9.02. The number of fused-ring (bicyclic) bond motifs is 1. The molecule has 1 aromatic rings. The number of halogens is 1. The first kappa shape index (κ1) is 9.45. The average molecular weight is 209 g/mol. The number of pyridine rings is 1. The molecular weight excluding hydrogens is 200 g/mol. The molecule has 0 spiro atoms. The Kier molecular flexibility index (Phi) is 1.99. The number of rotatable bonds is 0. The Balaban J connectivity index is 2.62. The fourth-order valence-corrected chi connectivity index (χ4v) is 1.75. The SMILES string of the molecule is CC1(C)OCc2cc(C#N)c(Cl)nc21. The Morgan fingerprint density at radius 3 is 3.00 bits per heavy atom. The van der Waals surface area contributed by atoms with Crippen LogP contribution >= 0.6 is 11.6 Å². The van der Waals surface area contributed by atoms with Gasteiger partial charge in [0.05, 0.1) is 17.9 Å². The van der Waals surface area contributed by atoms with Crippen molar-refractivity contribution in [2.24, 2.45) is 0 Å². The number of aromatic nitrogens is 1. The van der Waals surface area contributed by atoms with Crippen molar-refractivity contribution < 1.29 is 4.74 Å². The summed E-state index contributed by atoms with van der Waals surface area (Å²) in [6, 6.07) is 3.75. The van der Waals surface area contributed by atoms with Gasteiger partial charge in [0.2, 0.25) is 0 Å². The molecule has 0 aromatic carbocycles. The second-order valence-electron chi connectivity index (χ2n) is 3.75. The van der Waals surface area contributed by atoms with Crippen LogP contribution in [-0.4, -0.2) is 4.98 Å². The zero-order valence-electron chi connectivity index (χ0n) is 7.97. The molecule has 0 aliphatic carbocycles. The van der Waals surface area contributed by atoms with Crippen LogP contribution in [0.25, 0.3) is 0 Å². The van der Waals surface area contributed by atoms with Crippen LogP contribution in [0.5, 0.6) is 0 Å². The van der Waals surface area contributed by atoms with Crippen molar-refractivity contribution in [3.8, 4) is 6.07 Å². The van der Waals surface area contributed by atoms with Crippen molar-refractivity contribution in [2.75, 3.05) is 0 Å². The minimum absolute atomic E-state index is 0.254. The lowest BCUT2D eigenvalue weighted by molar-refractivity contribution is -0.0101. The number of hydrogen-bond acceptors (Lipinski definition) is 3. The van der Waals surface area contributed by atoms with Gasteiger partial charge in [-0.05, 0) is 19.9 Å². The van der Waals surface area contributed by atoms with Gasteiger partial charge < -0.3 is 4.74 Å². The van der Waals surface area contributed by atoms with Crippen LogP contribution in [0, 0.1) is 11.3 Å². The van der Waals surface area contributed by atoms with E-state index in [0.717, 1.165) is 11.3 Å². The smallest absolute Gasteiger partial charge is 0.147 e. The van der Waals surface area contributed by atoms with Gasteiger partial charge in [0.15, 0.2) is 0 Å². The van der Waals surface area contributed by atoms with Crippen molar-refractivity contribution in [2.45, 2.75) is 26.1 Å². The van der Waals surface area contributed by atoms with Crippen molar-refractivity contribution in [3.63, 3.8) is 0 Å². The van der Waals surface area contributed by atoms with Gasteiger partial charge in [-0.25, -0.2) is 4.98 Å². The minimum atomic E-state index is -0.396. The molecule has 2 rings (SSSR count). The van der Waals surface area contributed by atoms with Crippen LogP contribution in [0.1, 0.15) is 30.7 Å². The van der Waals surface area contributed by atoms with Crippen LogP contribution in [0.15, 0.2) is 6.07 Å². The summed E-state index contributed by atoms with van der Waals surface area (Å²) < 4.78 is 5.53. The molecule has 0 saturated heterocycles. The molecule has 0 atom stereocenters. The maximum absolute atomic E-state index is 8.76. The number of ether oxygens (including phenoxy) is 1. The van der Waals surface area contributed by atoms with E-state index in [2.05, 4.69) is 4.98 Å². The average Bonchev–Trinajstić information content (AvgIpc) is 2.42.